The van der Waals surface area contributed by atoms with Crippen molar-refractivity contribution in [3.8, 4) is 0 Å². The van der Waals surface area contributed by atoms with E-state index in [4.69, 9.17) is 9.79 Å². The number of benzene rings is 1. The Bertz CT molecular complexity index is 294. The summed E-state index contributed by atoms with van der Waals surface area (Å²) in [5.41, 5.74) is 0.772. The Morgan fingerprint density at radius 1 is 1.20 bits per heavy atom. The highest BCUT2D eigenvalue weighted by Gasteiger charge is 2.24. The van der Waals surface area contributed by atoms with E-state index in [0.29, 0.717) is 0 Å². The fourth-order valence-corrected chi connectivity index (χ4v) is 1.75. The van der Waals surface area contributed by atoms with Crippen LogP contribution in [0.5, 0.6) is 0 Å². The Balaban J connectivity index is 2.73. The van der Waals surface area contributed by atoms with Crippen LogP contribution in [0.3, 0.4) is 0 Å². The van der Waals surface area contributed by atoms with Crippen LogP contribution in [0, 0.1) is 0 Å². The summed E-state index contributed by atoms with van der Waals surface area (Å²) in [6.45, 7) is 1.75. The van der Waals surface area contributed by atoms with Gasteiger partial charge in [-0.2, -0.15) is 0 Å². The number of aliphatic hydroxyl groups excluding tert-OH is 1. The van der Waals surface area contributed by atoms with Crippen LogP contribution in [0.15, 0.2) is 30.3 Å². The molecule has 4 nitrogen and oxygen atoms in total. The molecule has 0 saturated carbocycles. The van der Waals surface area contributed by atoms with E-state index in [9.17, 15) is 5.11 Å². The number of aliphatic hydroxyl groups is 1. The third-order valence-electron chi connectivity index (χ3n) is 2.47. The van der Waals surface area contributed by atoms with Gasteiger partial charge in [0.1, 0.15) is 0 Å². The summed E-state index contributed by atoms with van der Waals surface area (Å²) in [6.07, 6.45) is -0.722. The molecule has 5 heteroatoms. The Morgan fingerprint density at radius 2 is 1.73 bits per heavy atom. The summed E-state index contributed by atoms with van der Waals surface area (Å²) in [4.78, 5) is 18.0. The molecular formula is C10H16NO3P. The van der Waals surface area contributed by atoms with Crippen LogP contribution in [-0.4, -0.2) is 32.7 Å². The van der Waals surface area contributed by atoms with Crippen LogP contribution >= 0.6 is 8.53 Å². The van der Waals surface area contributed by atoms with Gasteiger partial charge in [0, 0.05) is 6.04 Å². The highest BCUT2D eigenvalue weighted by Crippen LogP contribution is 2.34. The molecule has 2 unspecified atom stereocenters. The molecule has 0 bridgehead atoms. The first-order valence-electron chi connectivity index (χ1n) is 4.67. The van der Waals surface area contributed by atoms with Gasteiger partial charge in [0.25, 0.3) is 8.53 Å². The molecule has 1 aromatic rings. The second-order valence-corrected chi connectivity index (χ2v) is 4.61. The molecule has 0 heterocycles. The molecule has 84 valence electrons. The molecule has 0 aliphatic carbocycles. The number of hydrogen-bond donors (Lipinski definition) is 3. The van der Waals surface area contributed by atoms with Crippen molar-refractivity contribution in [2.45, 2.75) is 19.1 Å². The van der Waals surface area contributed by atoms with E-state index in [-0.39, 0.29) is 6.04 Å². The SMILES string of the molecule is CC(C(O)c1ccccc1)N(C)P(O)O. The Labute approximate surface area is 90.8 Å². The van der Waals surface area contributed by atoms with Crippen molar-refractivity contribution < 1.29 is 14.9 Å². The quantitative estimate of drug-likeness (QED) is 0.680. The van der Waals surface area contributed by atoms with Gasteiger partial charge in [0.15, 0.2) is 0 Å². The topological polar surface area (TPSA) is 63.9 Å². The van der Waals surface area contributed by atoms with Crippen molar-refractivity contribution in [2.75, 3.05) is 7.05 Å². The van der Waals surface area contributed by atoms with E-state index >= 15 is 0 Å². The van der Waals surface area contributed by atoms with Crippen LogP contribution in [0.4, 0.5) is 0 Å². The minimum atomic E-state index is -2.15. The molecule has 0 aliphatic rings. The molecule has 1 rings (SSSR count). The van der Waals surface area contributed by atoms with E-state index in [1.165, 1.54) is 4.67 Å². The van der Waals surface area contributed by atoms with Gasteiger partial charge in [0.2, 0.25) is 0 Å². The van der Waals surface area contributed by atoms with Gasteiger partial charge in [-0.1, -0.05) is 30.3 Å². The van der Waals surface area contributed by atoms with Crippen LogP contribution in [-0.2, 0) is 0 Å². The first-order chi connectivity index (χ1) is 7.04. The van der Waals surface area contributed by atoms with Crippen molar-refractivity contribution >= 4 is 8.53 Å². The van der Waals surface area contributed by atoms with Crippen molar-refractivity contribution in [3.05, 3.63) is 35.9 Å². The fraction of sp³-hybridized carbons (Fsp3) is 0.400. The monoisotopic (exact) mass is 229 g/mol. The van der Waals surface area contributed by atoms with Crippen LogP contribution < -0.4 is 0 Å². The maximum absolute atomic E-state index is 9.95. The lowest BCUT2D eigenvalue weighted by atomic mass is 10.0. The van der Waals surface area contributed by atoms with Gasteiger partial charge in [-0.25, -0.2) is 4.67 Å². The lowest BCUT2D eigenvalue weighted by Gasteiger charge is -2.28. The second-order valence-electron chi connectivity index (χ2n) is 3.44. The van der Waals surface area contributed by atoms with E-state index < -0.39 is 14.6 Å². The largest absolute Gasteiger partial charge is 0.387 e. The lowest BCUT2D eigenvalue weighted by Crippen LogP contribution is -2.30. The molecular weight excluding hydrogens is 213 g/mol. The lowest BCUT2D eigenvalue weighted by molar-refractivity contribution is 0.102. The van der Waals surface area contributed by atoms with Gasteiger partial charge < -0.3 is 14.9 Å². The molecule has 0 aliphatic heterocycles. The predicted octanol–water partition coefficient (Wildman–Crippen LogP) is 1.25. The number of hydrogen-bond acceptors (Lipinski definition) is 4. The normalized spacial score (nSPS) is 15.7. The first-order valence-corrected chi connectivity index (χ1v) is 5.87. The van der Waals surface area contributed by atoms with Gasteiger partial charge in [-0.15, -0.1) is 0 Å². The zero-order valence-electron chi connectivity index (χ0n) is 8.78. The molecule has 3 N–H and O–H groups in total. The van der Waals surface area contributed by atoms with Crippen molar-refractivity contribution in [2.24, 2.45) is 0 Å². The molecule has 0 fully saturated rings. The van der Waals surface area contributed by atoms with Gasteiger partial charge in [-0.3, -0.25) is 0 Å². The summed E-state index contributed by atoms with van der Waals surface area (Å²) >= 11 is 0. The molecule has 0 saturated heterocycles. The summed E-state index contributed by atoms with van der Waals surface area (Å²) in [7, 11) is -0.579. The standard InChI is InChI=1S/C10H16NO3P/c1-8(11(2)15(13)14)10(12)9-6-4-3-5-7-9/h3-8,10,12-14H,1-2H3. The van der Waals surface area contributed by atoms with Gasteiger partial charge in [-0.05, 0) is 19.5 Å². The van der Waals surface area contributed by atoms with Crippen LogP contribution in [0.1, 0.15) is 18.6 Å². The number of rotatable bonds is 4. The first kappa shape index (κ1) is 12.6. The molecule has 0 radical (unpaired) electrons. The Hall–Kier alpha value is -0.510. The van der Waals surface area contributed by atoms with E-state index in [1.807, 2.05) is 30.3 Å². The average Bonchev–Trinajstić information content (AvgIpc) is 2.27. The van der Waals surface area contributed by atoms with Gasteiger partial charge in [0.05, 0.1) is 6.10 Å². The zero-order valence-corrected chi connectivity index (χ0v) is 9.67. The molecule has 1 aromatic carbocycles. The maximum atomic E-state index is 9.95. The van der Waals surface area contributed by atoms with Crippen molar-refractivity contribution in [1.82, 2.24) is 4.67 Å². The minimum absolute atomic E-state index is 0.339. The number of nitrogens with zero attached hydrogens (tertiary/aromatic N) is 1. The number of likely N-dealkylation sites (N-methyl/N-ethyl adjacent to an activating group) is 1. The van der Waals surface area contributed by atoms with Crippen molar-refractivity contribution in [1.29, 1.82) is 0 Å². The summed E-state index contributed by atoms with van der Waals surface area (Å²) in [5.74, 6) is 0. The molecule has 2 atom stereocenters. The highest BCUT2D eigenvalue weighted by atomic mass is 31.2. The molecule has 0 spiro atoms. The molecule has 0 aromatic heterocycles. The third-order valence-corrected chi connectivity index (χ3v) is 3.40. The minimum Gasteiger partial charge on any atom is -0.387 e. The summed E-state index contributed by atoms with van der Waals surface area (Å²) < 4.78 is 1.35. The molecule has 0 amide bonds. The van der Waals surface area contributed by atoms with E-state index in [2.05, 4.69) is 0 Å². The van der Waals surface area contributed by atoms with E-state index in [0.717, 1.165) is 5.56 Å². The fourth-order valence-electron chi connectivity index (χ4n) is 1.30. The van der Waals surface area contributed by atoms with Gasteiger partial charge >= 0.3 is 0 Å². The van der Waals surface area contributed by atoms with Crippen molar-refractivity contribution in [3.63, 3.8) is 0 Å². The summed E-state index contributed by atoms with van der Waals surface area (Å²) in [5, 5.41) is 9.95. The Morgan fingerprint density at radius 3 is 2.20 bits per heavy atom. The average molecular weight is 229 g/mol. The van der Waals surface area contributed by atoms with E-state index in [1.54, 1.807) is 14.0 Å². The maximum Gasteiger partial charge on any atom is 0.253 e. The smallest absolute Gasteiger partial charge is 0.253 e. The predicted molar refractivity (Wildman–Crippen MR) is 60.0 cm³/mol. The molecule has 15 heavy (non-hydrogen) atoms. The Kier molecular flexibility index (Phi) is 4.64. The van der Waals surface area contributed by atoms with Crippen LogP contribution in [0.25, 0.3) is 0 Å². The highest BCUT2D eigenvalue weighted by molar-refractivity contribution is 7.42. The third kappa shape index (κ3) is 3.23. The summed E-state index contributed by atoms with van der Waals surface area (Å²) in [6, 6.07) is 8.83. The zero-order chi connectivity index (χ0) is 11.4. The second kappa shape index (κ2) is 5.54. The van der Waals surface area contributed by atoms with Crippen LogP contribution in [0.2, 0.25) is 0 Å².